The van der Waals surface area contributed by atoms with Crippen molar-refractivity contribution in [2.75, 3.05) is 26.7 Å². The largest absolute Gasteiger partial charge is 0.469 e. The first kappa shape index (κ1) is 23.5. The van der Waals surface area contributed by atoms with Crippen molar-refractivity contribution in [2.45, 2.75) is 52.4 Å². The van der Waals surface area contributed by atoms with Crippen LogP contribution < -0.4 is 0 Å². The number of esters is 1. The molecular weight excluding hydrogens is 388 g/mol. The minimum absolute atomic E-state index is 0.130. The molecule has 0 aliphatic carbocycles. The molecule has 1 fully saturated rings. The molecule has 1 aliphatic heterocycles. The number of nitrogens with zero attached hydrogens (tertiary/aromatic N) is 2. The topological polar surface area (TPSA) is 85.4 Å². The Morgan fingerprint density at radius 3 is 2.47 bits per heavy atom. The van der Waals surface area contributed by atoms with Crippen LogP contribution in [0.1, 0.15) is 39.7 Å². The summed E-state index contributed by atoms with van der Waals surface area (Å²) in [7, 11) is 1.32. The number of methoxy groups -OCH3 is 1. The molecule has 2 atom stereocenters. The zero-order chi connectivity index (χ0) is 22.3. The Hall–Kier alpha value is -2.77. The molecule has 1 heterocycles. The maximum absolute atomic E-state index is 12.9. The Balaban J connectivity index is 2.06. The lowest BCUT2D eigenvalue weighted by molar-refractivity contribution is -0.145. The van der Waals surface area contributed by atoms with E-state index in [2.05, 4.69) is 0 Å². The molecule has 30 heavy (non-hydrogen) atoms. The van der Waals surface area contributed by atoms with Crippen LogP contribution in [-0.4, -0.2) is 66.3 Å². The predicted molar refractivity (Wildman–Crippen MR) is 111 cm³/mol. The Kier molecular flexibility index (Phi) is 8.08. The van der Waals surface area contributed by atoms with Gasteiger partial charge in [0.2, 0.25) is 0 Å². The molecule has 0 spiro atoms. The molecule has 1 aromatic rings. The Morgan fingerprint density at radius 2 is 1.87 bits per heavy atom. The highest BCUT2D eigenvalue weighted by Crippen LogP contribution is 2.21. The molecule has 8 nitrogen and oxygen atoms in total. The molecule has 166 valence electrons. The maximum atomic E-state index is 12.9. The second-order valence-electron chi connectivity index (χ2n) is 8.49. The summed E-state index contributed by atoms with van der Waals surface area (Å²) in [5.74, 6) is -0.923. The Bertz CT molecular complexity index is 731. The van der Waals surface area contributed by atoms with E-state index < -0.39 is 29.7 Å². The molecule has 1 aliphatic rings. The van der Waals surface area contributed by atoms with Crippen molar-refractivity contribution in [1.82, 2.24) is 9.80 Å². The number of hydrogen-bond donors (Lipinski definition) is 0. The van der Waals surface area contributed by atoms with Crippen molar-refractivity contribution in [2.24, 2.45) is 5.92 Å². The Labute approximate surface area is 178 Å². The van der Waals surface area contributed by atoms with Crippen LogP contribution >= 0.6 is 0 Å². The van der Waals surface area contributed by atoms with E-state index in [1.165, 1.54) is 12.0 Å². The Morgan fingerprint density at radius 1 is 1.20 bits per heavy atom. The minimum atomic E-state index is -0.594. The summed E-state index contributed by atoms with van der Waals surface area (Å²) in [5.41, 5.74) is 0.275. The molecule has 0 radical (unpaired) electrons. The monoisotopic (exact) mass is 420 g/mol. The van der Waals surface area contributed by atoms with Crippen molar-refractivity contribution < 1.29 is 28.6 Å². The van der Waals surface area contributed by atoms with Crippen molar-refractivity contribution in [3.63, 3.8) is 0 Å². The zero-order valence-electron chi connectivity index (χ0n) is 18.4. The van der Waals surface area contributed by atoms with Gasteiger partial charge in [-0.25, -0.2) is 9.59 Å². The van der Waals surface area contributed by atoms with Crippen LogP contribution in [0.4, 0.5) is 9.59 Å². The van der Waals surface area contributed by atoms with Gasteiger partial charge in [0, 0.05) is 19.6 Å². The van der Waals surface area contributed by atoms with Crippen molar-refractivity contribution >= 4 is 18.2 Å². The quantitative estimate of drug-likeness (QED) is 0.518. The molecule has 0 N–H and O–H groups in total. The maximum Gasteiger partial charge on any atom is 0.410 e. The average Bonchev–Trinajstić information content (AvgIpc) is 3.19. The van der Waals surface area contributed by atoms with Crippen LogP contribution in [0.5, 0.6) is 0 Å². The van der Waals surface area contributed by atoms with Crippen molar-refractivity contribution in [3.8, 4) is 0 Å². The number of likely N-dealkylation sites (tertiary alicyclic amines) is 1. The van der Waals surface area contributed by atoms with Gasteiger partial charge < -0.3 is 24.0 Å². The molecule has 2 unspecified atom stereocenters. The number of rotatable bonds is 6. The smallest absolute Gasteiger partial charge is 0.410 e. The van der Waals surface area contributed by atoms with Crippen molar-refractivity contribution in [3.05, 3.63) is 35.9 Å². The number of hydrogen-bond acceptors (Lipinski definition) is 6. The van der Waals surface area contributed by atoms with Gasteiger partial charge in [-0.15, -0.1) is 0 Å². The van der Waals surface area contributed by atoms with Crippen molar-refractivity contribution in [1.29, 1.82) is 0 Å². The summed E-state index contributed by atoms with van der Waals surface area (Å²) in [6.07, 6.45) is -0.359. The highest BCUT2D eigenvalue weighted by molar-refractivity contribution is 5.74. The van der Waals surface area contributed by atoms with Crippen LogP contribution in [0.3, 0.4) is 0 Å². The van der Waals surface area contributed by atoms with Crippen LogP contribution in [0.25, 0.3) is 0 Å². The third-order valence-corrected chi connectivity index (χ3v) is 4.77. The minimum Gasteiger partial charge on any atom is -0.469 e. The zero-order valence-corrected chi connectivity index (χ0v) is 18.4. The van der Waals surface area contributed by atoms with Crippen LogP contribution in [0.15, 0.2) is 30.3 Å². The SMILES string of the molecule is COC(=O)C(C)CN(C(=O)OCc1ccccc1)C1CCN(C(=O)OC(C)(C)C)C1. The molecule has 2 amide bonds. The summed E-state index contributed by atoms with van der Waals surface area (Å²) in [6.45, 7) is 8.19. The second-order valence-corrected chi connectivity index (χ2v) is 8.49. The summed E-state index contributed by atoms with van der Waals surface area (Å²) >= 11 is 0. The number of carbonyl (C=O) groups is 3. The van der Waals surface area contributed by atoms with Gasteiger partial charge in [-0.3, -0.25) is 4.79 Å². The predicted octanol–water partition coefficient (Wildman–Crippen LogP) is 3.44. The third-order valence-electron chi connectivity index (χ3n) is 4.77. The van der Waals surface area contributed by atoms with E-state index in [1.54, 1.807) is 11.8 Å². The molecule has 0 aromatic heterocycles. The third kappa shape index (κ3) is 6.93. The van der Waals surface area contributed by atoms with E-state index >= 15 is 0 Å². The van der Waals surface area contributed by atoms with Gasteiger partial charge in [-0.05, 0) is 32.8 Å². The first-order valence-electron chi connectivity index (χ1n) is 10.1. The number of benzene rings is 1. The van der Waals surface area contributed by atoms with E-state index in [9.17, 15) is 14.4 Å². The standard InChI is InChI=1S/C22H32N2O6/c1-16(19(25)28-5)13-24(21(27)29-15-17-9-7-6-8-10-17)18-11-12-23(14-18)20(26)30-22(2,3)4/h6-10,16,18H,11-15H2,1-5H3. The molecule has 0 bridgehead atoms. The number of carbonyl (C=O) groups excluding carboxylic acids is 3. The van der Waals surface area contributed by atoms with E-state index in [1.807, 2.05) is 51.1 Å². The van der Waals surface area contributed by atoms with E-state index in [0.29, 0.717) is 19.5 Å². The first-order valence-corrected chi connectivity index (χ1v) is 10.1. The molecule has 1 saturated heterocycles. The fourth-order valence-corrected chi connectivity index (χ4v) is 3.23. The van der Waals surface area contributed by atoms with Crippen LogP contribution in [0, 0.1) is 5.92 Å². The fourth-order valence-electron chi connectivity index (χ4n) is 3.23. The van der Waals surface area contributed by atoms with E-state index in [0.717, 1.165) is 5.56 Å². The van der Waals surface area contributed by atoms with Gasteiger partial charge in [0.25, 0.3) is 0 Å². The summed E-state index contributed by atoms with van der Waals surface area (Å²) < 4.78 is 15.7. The molecule has 0 saturated carbocycles. The van der Waals surface area contributed by atoms with Crippen LogP contribution in [-0.2, 0) is 25.6 Å². The summed E-state index contributed by atoms with van der Waals surface area (Å²) in [5, 5.41) is 0. The highest BCUT2D eigenvalue weighted by atomic mass is 16.6. The van der Waals surface area contributed by atoms with Gasteiger partial charge in [0.1, 0.15) is 12.2 Å². The lowest BCUT2D eigenvalue weighted by Gasteiger charge is -2.30. The second kappa shape index (κ2) is 10.3. The highest BCUT2D eigenvalue weighted by Gasteiger charge is 2.37. The van der Waals surface area contributed by atoms with Gasteiger partial charge in [0.15, 0.2) is 0 Å². The van der Waals surface area contributed by atoms with Gasteiger partial charge in [-0.2, -0.15) is 0 Å². The molecule has 1 aromatic carbocycles. The van der Waals surface area contributed by atoms with E-state index in [-0.39, 0.29) is 19.2 Å². The van der Waals surface area contributed by atoms with Gasteiger partial charge in [0.05, 0.1) is 19.1 Å². The number of ether oxygens (including phenoxy) is 3. The molecule has 8 heteroatoms. The first-order chi connectivity index (χ1) is 14.1. The lowest BCUT2D eigenvalue weighted by Crippen LogP contribution is -2.46. The van der Waals surface area contributed by atoms with Gasteiger partial charge >= 0.3 is 18.2 Å². The fraction of sp³-hybridized carbons (Fsp3) is 0.591. The van der Waals surface area contributed by atoms with Gasteiger partial charge in [-0.1, -0.05) is 37.3 Å². The number of amides is 2. The molecular formula is C22H32N2O6. The normalized spacial score (nSPS) is 17.2. The summed E-state index contributed by atoms with van der Waals surface area (Å²) in [4.78, 5) is 40.3. The van der Waals surface area contributed by atoms with E-state index in [4.69, 9.17) is 14.2 Å². The lowest BCUT2D eigenvalue weighted by atomic mass is 10.1. The average molecular weight is 421 g/mol. The molecule has 2 rings (SSSR count). The van der Waals surface area contributed by atoms with Crippen LogP contribution in [0.2, 0.25) is 0 Å². The summed E-state index contributed by atoms with van der Waals surface area (Å²) in [6, 6.07) is 9.10.